The summed E-state index contributed by atoms with van der Waals surface area (Å²) in [4.78, 5) is 4.29. The van der Waals surface area contributed by atoms with Crippen LogP contribution in [0.1, 0.15) is 31.5 Å². The zero-order valence-corrected chi connectivity index (χ0v) is 12.8. The van der Waals surface area contributed by atoms with Crippen molar-refractivity contribution in [1.82, 2.24) is 10.3 Å². The summed E-state index contributed by atoms with van der Waals surface area (Å²) < 4.78 is 16.3. The second-order valence-corrected chi connectivity index (χ2v) is 4.72. The lowest BCUT2D eigenvalue weighted by Crippen LogP contribution is -2.13. The molecule has 0 aliphatic carbocycles. The minimum atomic E-state index is 0.228. The van der Waals surface area contributed by atoms with E-state index >= 15 is 0 Å². The topological polar surface area (TPSA) is 56.5 Å². The number of rotatable bonds is 8. The number of hydrogen-bond donors (Lipinski definition) is 1. The lowest BCUT2D eigenvalue weighted by Gasteiger charge is -2.08. The first-order chi connectivity index (χ1) is 10.3. The quantitative estimate of drug-likeness (QED) is 0.754. The molecule has 0 spiro atoms. The van der Waals surface area contributed by atoms with Crippen molar-refractivity contribution in [3.8, 4) is 17.6 Å². The molecule has 0 radical (unpaired) electrons. The van der Waals surface area contributed by atoms with Gasteiger partial charge in [0.05, 0.1) is 12.8 Å². The lowest BCUT2D eigenvalue weighted by molar-refractivity contribution is 0.310. The van der Waals surface area contributed by atoms with Gasteiger partial charge in [-0.2, -0.15) is 4.98 Å². The molecular formula is C16H22N2O3. The highest BCUT2D eigenvalue weighted by molar-refractivity contribution is 5.44. The Kier molecular flexibility index (Phi) is 5.63. The van der Waals surface area contributed by atoms with Gasteiger partial charge in [-0.3, -0.25) is 0 Å². The van der Waals surface area contributed by atoms with Crippen molar-refractivity contribution in [3.63, 3.8) is 0 Å². The van der Waals surface area contributed by atoms with E-state index in [-0.39, 0.29) is 6.08 Å². The molecule has 5 nitrogen and oxygen atoms in total. The van der Waals surface area contributed by atoms with Crippen LogP contribution in [0.4, 0.5) is 0 Å². The van der Waals surface area contributed by atoms with Crippen LogP contribution < -0.4 is 14.8 Å². The number of oxazole rings is 1. The first-order valence-electron chi connectivity index (χ1n) is 7.26. The molecule has 1 aromatic heterocycles. The van der Waals surface area contributed by atoms with E-state index in [1.807, 2.05) is 18.2 Å². The molecule has 1 aromatic carbocycles. The molecule has 1 N–H and O–H groups in total. The monoisotopic (exact) mass is 290 g/mol. The largest absolute Gasteiger partial charge is 0.493 e. The van der Waals surface area contributed by atoms with Crippen LogP contribution in [0.2, 0.25) is 0 Å². The minimum Gasteiger partial charge on any atom is -0.493 e. The number of ether oxygens (including phenoxy) is 2. The Balaban J connectivity index is 2.04. The number of methoxy groups -OCH3 is 1. The molecular weight excluding hydrogens is 268 g/mol. The normalized spacial score (nSPS) is 10.6. The van der Waals surface area contributed by atoms with Gasteiger partial charge in [-0.05, 0) is 37.1 Å². The maximum absolute atomic E-state index is 5.66. The molecule has 0 saturated heterocycles. The minimum absolute atomic E-state index is 0.228. The van der Waals surface area contributed by atoms with E-state index in [4.69, 9.17) is 13.9 Å². The third-order valence-corrected chi connectivity index (χ3v) is 3.10. The van der Waals surface area contributed by atoms with Gasteiger partial charge in [0.2, 0.25) is 0 Å². The average molecular weight is 290 g/mol. The Morgan fingerprint density at radius 1 is 1.24 bits per heavy atom. The van der Waals surface area contributed by atoms with E-state index < -0.39 is 0 Å². The van der Waals surface area contributed by atoms with Crippen LogP contribution in [-0.4, -0.2) is 18.6 Å². The second-order valence-electron chi connectivity index (χ2n) is 4.72. The Morgan fingerprint density at radius 2 is 2.10 bits per heavy atom. The molecule has 114 valence electrons. The van der Waals surface area contributed by atoms with Gasteiger partial charge in [-0.15, -0.1) is 0 Å². The molecule has 0 saturated carbocycles. The fraction of sp³-hybridized carbons (Fsp3) is 0.438. The SMILES string of the molecule is CCCNCc1coc(Oc2ccc(CC)cc2OC)n1. The van der Waals surface area contributed by atoms with Crippen LogP contribution in [-0.2, 0) is 13.0 Å². The summed E-state index contributed by atoms with van der Waals surface area (Å²) in [5.41, 5.74) is 2.01. The predicted octanol–water partition coefficient (Wildman–Crippen LogP) is 3.54. The highest BCUT2D eigenvalue weighted by atomic mass is 16.6. The fourth-order valence-electron chi connectivity index (χ4n) is 1.92. The van der Waals surface area contributed by atoms with E-state index in [1.54, 1.807) is 13.4 Å². The van der Waals surface area contributed by atoms with Gasteiger partial charge >= 0.3 is 6.08 Å². The van der Waals surface area contributed by atoms with Crippen LogP contribution in [0.3, 0.4) is 0 Å². The molecule has 1 heterocycles. The molecule has 0 aliphatic rings. The van der Waals surface area contributed by atoms with Gasteiger partial charge in [0.25, 0.3) is 0 Å². The smallest absolute Gasteiger partial charge is 0.399 e. The number of aromatic nitrogens is 1. The van der Waals surface area contributed by atoms with Crippen molar-refractivity contribution < 1.29 is 13.9 Å². The summed E-state index contributed by atoms with van der Waals surface area (Å²) in [5.74, 6) is 1.28. The maximum atomic E-state index is 5.66. The van der Waals surface area contributed by atoms with Crippen LogP contribution in [0, 0.1) is 0 Å². The van der Waals surface area contributed by atoms with E-state index in [0.717, 1.165) is 25.1 Å². The van der Waals surface area contributed by atoms with Crippen LogP contribution >= 0.6 is 0 Å². The highest BCUT2D eigenvalue weighted by Crippen LogP contribution is 2.32. The Labute approximate surface area is 125 Å². The summed E-state index contributed by atoms with van der Waals surface area (Å²) in [6, 6.07) is 5.84. The van der Waals surface area contributed by atoms with Gasteiger partial charge in [0, 0.05) is 6.54 Å². The molecule has 0 atom stereocenters. The molecule has 2 aromatic rings. The third-order valence-electron chi connectivity index (χ3n) is 3.10. The zero-order valence-electron chi connectivity index (χ0n) is 12.8. The second kappa shape index (κ2) is 7.69. The standard InChI is InChI=1S/C16H22N2O3/c1-4-8-17-10-13-11-20-16(18-13)21-14-7-6-12(5-2)9-15(14)19-3/h6-7,9,11,17H,4-5,8,10H2,1-3H3. The van der Waals surface area contributed by atoms with Crippen molar-refractivity contribution in [2.75, 3.05) is 13.7 Å². The molecule has 0 amide bonds. The van der Waals surface area contributed by atoms with Crippen molar-refractivity contribution in [1.29, 1.82) is 0 Å². The molecule has 0 fully saturated rings. The summed E-state index contributed by atoms with van der Waals surface area (Å²) in [6.45, 7) is 5.84. The van der Waals surface area contributed by atoms with Crippen LogP contribution in [0.25, 0.3) is 0 Å². The van der Waals surface area contributed by atoms with Crippen molar-refractivity contribution >= 4 is 0 Å². The molecule has 0 bridgehead atoms. The number of nitrogens with zero attached hydrogens (tertiary/aromatic N) is 1. The van der Waals surface area contributed by atoms with Crippen molar-refractivity contribution in [2.24, 2.45) is 0 Å². The number of hydrogen-bond acceptors (Lipinski definition) is 5. The highest BCUT2D eigenvalue weighted by Gasteiger charge is 2.11. The number of benzene rings is 1. The maximum Gasteiger partial charge on any atom is 0.399 e. The fourth-order valence-corrected chi connectivity index (χ4v) is 1.92. The lowest BCUT2D eigenvalue weighted by atomic mass is 10.1. The summed E-state index contributed by atoms with van der Waals surface area (Å²) in [7, 11) is 1.62. The average Bonchev–Trinajstić information content (AvgIpc) is 2.95. The number of aryl methyl sites for hydroxylation is 1. The zero-order chi connectivity index (χ0) is 15.1. The first-order valence-corrected chi connectivity index (χ1v) is 7.26. The van der Waals surface area contributed by atoms with E-state index in [2.05, 4.69) is 24.1 Å². The van der Waals surface area contributed by atoms with Gasteiger partial charge in [0.1, 0.15) is 6.26 Å². The van der Waals surface area contributed by atoms with Gasteiger partial charge in [-0.25, -0.2) is 0 Å². The first kappa shape index (κ1) is 15.4. The Hall–Kier alpha value is -2.01. The van der Waals surface area contributed by atoms with Crippen molar-refractivity contribution in [2.45, 2.75) is 33.2 Å². The number of nitrogens with one attached hydrogen (secondary N) is 1. The molecule has 21 heavy (non-hydrogen) atoms. The van der Waals surface area contributed by atoms with E-state index in [9.17, 15) is 0 Å². The third kappa shape index (κ3) is 4.23. The summed E-state index contributed by atoms with van der Waals surface area (Å²) >= 11 is 0. The molecule has 0 unspecified atom stereocenters. The molecule has 2 rings (SSSR count). The predicted molar refractivity (Wildman–Crippen MR) is 80.9 cm³/mol. The summed E-state index contributed by atoms with van der Waals surface area (Å²) in [5, 5.41) is 3.26. The van der Waals surface area contributed by atoms with Crippen molar-refractivity contribution in [3.05, 3.63) is 35.7 Å². The van der Waals surface area contributed by atoms with E-state index in [0.29, 0.717) is 18.0 Å². The van der Waals surface area contributed by atoms with E-state index in [1.165, 1.54) is 5.56 Å². The Morgan fingerprint density at radius 3 is 2.81 bits per heavy atom. The molecule has 5 heteroatoms. The summed E-state index contributed by atoms with van der Waals surface area (Å²) in [6.07, 6.45) is 3.86. The van der Waals surface area contributed by atoms with Crippen LogP contribution in [0.15, 0.2) is 28.9 Å². The Bertz CT molecular complexity index is 566. The van der Waals surface area contributed by atoms with Gasteiger partial charge in [-0.1, -0.05) is 19.9 Å². The molecule has 0 aliphatic heterocycles. The van der Waals surface area contributed by atoms with Gasteiger partial charge < -0.3 is 19.2 Å². The van der Waals surface area contributed by atoms with Gasteiger partial charge in [0.15, 0.2) is 11.5 Å². The van der Waals surface area contributed by atoms with Crippen LogP contribution in [0.5, 0.6) is 17.6 Å².